The molecule has 0 unspecified atom stereocenters. The minimum absolute atomic E-state index is 0.111. The van der Waals surface area contributed by atoms with Crippen LogP contribution in [0.5, 0.6) is 5.75 Å². The van der Waals surface area contributed by atoms with Crippen molar-refractivity contribution >= 4 is 27.6 Å². The van der Waals surface area contributed by atoms with E-state index in [1.165, 1.54) is 34.8 Å². The zero-order valence-electron chi connectivity index (χ0n) is 14.7. The average Bonchev–Trinajstić information content (AvgIpc) is 2.70. The number of phenols is 1. The lowest BCUT2D eigenvalue weighted by molar-refractivity contribution is -0.385. The molecule has 2 N–H and O–H groups in total. The summed E-state index contributed by atoms with van der Waals surface area (Å²) < 4.78 is 32.4. The van der Waals surface area contributed by atoms with Crippen molar-refractivity contribution in [3.63, 3.8) is 0 Å². The van der Waals surface area contributed by atoms with Gasteiger partial charge in [-0.15, -0.1) is 0 Å². The molecule has 1 aliphatic heterocycles. The predicted molar refractivity (Wildman–Crippen MR) is 102 cm³/mol. The first kappa shape index (κ1) is 19.7. The lowest BCUT2D eigenvalue weighted by atomic mass is 10.2. The van der Waals surface area contributed by atoms with Crippen molar-refractivity contribution in [3.05, 3.63) is 58.1 Å². The van der Waals surface area contributed by atoms with Gasteiger partial charge in [-0.05, 0) is 35.9 Å². The van der Waals surface area contributed by atoms with Gasteiger partial charge in [0.25, 0.3) is 5.69 Å². The third-order valence-electron chi connectivity index (χ3n) is 4.06. The van der Waals surface area contributed by atoms with Gasteiger partial charge in [-0.1, -0.05) is 0 Å². The average molecular weight is 406 g/mol. The van der Waals surface area contributed by atoms with Crippen molar-refractivity contribution in [1.29, 1.82) is 0 Å². The maximum absolute atomic E-state index is 13.0. The summed E-state index contributed by atoms with van der Waals surface area (Å²) >= 11 is 0. The quantitative estimate of drug-likeness (QED) is 0.424. The number of non-ortho nitro benzene ring substituents is 1. The molecule has 0 aromatic heterocycles. The van der Waals surface area contributed by atoms with Crippen LogP contribution in [0.3, 0.4) is 0 Å². The van der Waals surface area contributed by atoms with Gasteiger partial charge in [-0.2, -0.15) is 9.41 Å². The van der Waals surface area contributed by atoms with Crippen LogP contribution in [-0.2, 0) is 14.8 Å². The van der Waals surface area contributed by atoms with E-state index in [0.29, 0.717) is 5.56 Å². The Morgan fingerprint density at radius 1 is 1.18 bits per heavy atom. The fourth-order valence-corrected chi connectivity index (χ4v) is 4.16. The number of benzene rings is 2. The van der Waals surface area contributed by atoms with Crippen LogP contribution in [0.4, 0.5) is 11.4 Å². The lowest BCUT2D eigenvalue weighted by Crippen LogP contribution is -2.40. The summed E-state index contributed by atoms with van der Waals surface area (Å²) in [6.07, 6.45) is 1.44. The third-order valence-corrected chi connectivity index (χ3v) is 5.99. The van der Waals surface area contributed by atoms with Crippen LogP contribution in [0.25, 0.3) is 0 Å². The SMILES string of the molecule is O=[N+]([O-])c1ccc(N/N=C\c2ccc(O)cc2)c(S(=O)(=O)N2CCOCC2)c1. The number of anilines is 1. The van der Waals surface area contributed by atoms with Crippen LogP contribution >= 0.6 is 0 Å². The predicted octanol–water partition coefficient (Wildman–Crippen LogP) is 1.77. The molecule has 1 aliphatic rings. The molecule has 10 nitrogen and oxygen atoms in total. The highest BCUT2D eigenvalue weighted by Crippen LogP contribution is 2.29. The summed E-state index contributed by atoms with van der Waals surface area (Å²) in [5, 5.41) is 24.4. The molecule has 148 valence electrons. The summed E-state index contributed by atoms with van der Waals surface area (Å²) in [7, 11) is -3.97. The summed E-state index contributed by atoms with van der Waals surface area (Å²) in [6.45, 7) is 0.855. The van der Waals surface area contributed by atoms with Crippen molar-refractivity contribution in [1.82, 2.24) is 4.31 Å². The Balaban J connectivity index is 1.91. The van der Waals surface area contributed by atoms with E-state index in [1.54, 1.807) is 12.1 Å². The third kappa shape index (κ3) is 4.44. The zero-order valence-corrected chi connectivity index (χ0v) is 15.5. The molecule has 1 heterocycles. The summed E-state index contributed by atoms with van der Waals surface area (Å²) in [6, 6.07) is 9.76. The van der Waals surface area contributed by atoms with Gasteiger partial charge in [0, 0.05) is 25.2 Å². The van der Waals surface area contributed by atoms with Gasteiger partial charge in [-0.3, -0.25) is 15.5 Å². The number of hydrogen-bond acceptors (Lipinski definition) is 8. The summed E-state index contributed by atoms with van der Waals surface area (Å²) in [5.74, 6) is 0.111. The van der Waals surface area contributed by atoms with Gasteiger partial charge in [0.1, 0.15) is 10.6 Å². The Morgan fingerprint density at radius 2 is 1.86 bits per heavy atom. The molecule has 1 fully saturated rings. The van der Waals surface area contributed by atoms with Crippen LogP contribution in [0.15, 0.2) is 52.5 Å². The fraction of sp³-hybridized carbons (Fsp3) is 0.235. The maximum atomic E-state index is 13.0. The normalized spacial score (nSPS) is 15.6. The van der Waals surface area contributed by atoms with E-state index >= 15 is 0 Å². The second-order valence-corrected chi connectivity index (χ2v) is 7.82. The van der Waals surface area contributed by atoms with E-state index in [9.17, 15) is 23.6 Å². The van der Waals surface area contributed by atoms with Crippen LogP contribution in [-0.4, -0.2) is 55.3 Å². The molecular formula is C17H18N4O6S. The van der Waals surface area contributed by atoms with Gasteiger partial charge < -0.3 is 9.84 Å². The molecule has 0 atom stereocenters. The number of hydrogen-bond donors (Lipinski definition) is 2. The lowest BCUT2D eigenvalue weighted by Gasteiger charge is -2.26. The van der Waals surface area contributed by atoms with E-state index in [-0.39, 0.29) is 48.3 Å². The van der Waals surface area contributed by atoms with Crippen LogP contribution < -0.4 is 5.43 Å². The largest absolute Gasteiger partial charge is 0.508 e. The smallest absolute Gasteiger partial charge is 0.270 e. The Morgan fingerprint density at radius 3 is 2.50 bits per heavy atom. The Labute approximate surface area is 161 Å². The maximum Gasteiger partial charge on any atom is 0.270 e. The Kier molecular flexibility index (Phi) is 5.87. The minimum Gasteiger partial charge on any atom is -0.508 e. The Hall–Kier alpha value is -3.02. The summed E-state index contributed by atoms with van der Waals surface area (Å²) in [5.41, 5.74) is 3.09. The Bertz CT molecular complexity index is 985. The topological polar surface area (TPSA) is 134 Å². The van der Waals surface area contributed by atoms with Crippen molar-refractivity contribution in [2.45, 2.75) is 4.90 Å². The van der Waals surface area contributed by atoms with E-state index in [1.807, 2.05) is 0 Å². The molecule has 2 aromatic carbocycles. The van der Waals surface area contributed by atoms with Gasteiger partial charge in [0.05, 0.1) is 30.0 Å². The highest BCUT2D eigenvalue weighted by atomic mass is 32.2. The van der Waals surface area contributed by atoms with E-state index in [2.05, 4.69) is 10.5 Å². The first-order valence-corrected chi connectivity index (χ1v) is 9.76. The molecule has 1 saturated heterocycles. The summed E-state index contributed by atoms with van der Waals surface area (Å²) in [4.78, 5) is 10.2. The van der Waals surface area contributed by atoms with Crippen LogP contribution in [0.1, 0.15) is 5.56 Å². The number of nitro benzene ring substituents is 1. The molecule has 11 heteroatoms. The first-order valence-electron chi connectivity index (χ1n) is 8.32. The van der Waals surface area contributed by atoms with E-state index in [4.69, 9.17) is 4.74 Å². The van der Waals surface area contributed by atoms with Gasteiger partial charge >= 0.3 is 0 Å². The van der Waals surface area contributed by atoms with Gasteiger partial charge in [-0.25, -0.2) is 8.42 Å². The molecule has 0 bridgehead atoms. The molecular weight excluding hydrogens is 388 g/mol. The van der Waals surface area contributed by atoms with Crippen molar-refractivity contribution < 1.29 is 23.2 Å². The minimum atomic E-state index is -3.97. The highest BCUT2D eigenvalue weighted by Gasteiger charge is 2.30. The van der Waals surface area contributed by atoms with Gasteiger partial charge in [0.2, 0.25) is 10.0 Å². The molecule has 3 rings (SSSR count). The van der Waals surface area contributed by atoms with Crippen molar-refractivity contribution in [2.24, 2.45) is 5.10 Å². The van der Waals surface area contributed by atoms with Gasteiger partial charge in [0.15, 0.2) is 0 Å². The number of nitrogens with zero attached hydrogens (tertiary/aromatic N) is 3. The van der Waals surface area contributed by atoms with Crippen molar-refractivity contribution in [3.8, 4) is 5.75 Å². The molecule has 0 radical (unpaired) electrons. The van der Waals surface area contributed by atoms with E-state index in [0.717, 1.165) is 6.07 Å². The molecule has 2 aromatic rings. The number of sulfonamides is 1. The van der Waals surface area contributed by atoms with E-state index < -0.39 is 14.9 Å². The standard InChI is InChI=1S/C17H18N4O6S/c22-15-4-1-13(2-5-15)12-18-19-16-6-3-14(21(23)24)11-17(16)28(25,26)20-7-9-27-10-8-20/h1-6,11-12,19,22H,7-10H2/b18-12-. The highest BCUT2D eigenvalue weighted by molar-refractivity contribution is 7.89. The van der Waals surface area contributed by atoms with Crippen LogP contribution in [0.2, 0.25) is 0 Å². The molecule has 0 aliphatic carbocycles. The number of ether oxygens (including phenoxy) is 1. The number of nitrogens with one attached hydrogen (secondary N) is 1. The second kappa shape index (κ2) is 8.33. The number of rotatable bonds is 6. The fourth-order valence-electron chi connectivity index (χ4n) is 2.59. The second-order valence-electron chi connectivity index (χ2n) is 5.92. The number of phenolic OH excluding ortho intramolecular Hbond substituents is 1. The zero-order chi connectivity index (χ0) is 20.1. The molecule has 0 saturated carbocycles. The van der Waals surface area contributed by atoms with Crippen molar-refractivity contribution in [2.75, 3.05) is 31.7 Å². The molecule has 0 amide bonds. The number of nitro groups is 1. The molecule has 0 spiro atoms. The number of aromatic hydroxyl groups is 1. The number of morpholine rings is 1. The first-order chi connectivity index (χ1) is 13.4. The monoisotopic (exact) mass is 406 g/mol. The molecule has 28 heavy (non-hydrogen) atoms. The number of hydrazone groups is 1. The van der Waals surface area contributed by atoms with Crippen LogP contribution in [0, 0.1) is 10.1 Å².